The Morgan fingerprint density at radius 1 is 1.34 bits per heavy atom. The molecule has 1 aliphatic heterocycles. The van der Waals surface area contributed by atoms with E-state index in [-0.39, 0.29) is 18.6 Å². The molecule has 152 valence electrons. The van der Waals surface area contributed by atoms with Gasteiger partial charge in [0.25, 0.3) is 0 Å². The third-order valence-electron chi connectivity index (χ3n) is 4.00. The number of nitrogens with one attached hydrogen (secondary N) is 4. The van der Waals surface area contributed by atoms with Crippen molar-refractivity contribution in [3.63, 3.8) is 0 Å². The Morgan fingerprint density at radius 2 is 2.14 bits per heavy atom. The molecule has 6 N–H and O–H groups in total. The largest absolute Gasteiger partial charge is 0.345 e. The number of carbonyl (C=O) groups excluding carboxylic acids is 1. The molecule has 1 aliphatic rings. The summed E-state index contributed by atoms with van der Waals surface area (Å²) < 4.78 is 0. The predicted molar refractivity (Wildman–Crippen MR) is 115 cm³/mol. The molecule has 0 saturated heterocycles. The van der Waals surface area contributed by atoms with Gasteiger partial charge in [0.2, 0.25) is 11.9 Å². The van der Waals surface area contributed by atoms with E-state index < -0.39 is 0 Å². The molecule has 1 heterocycles. The molecule has 8 heteroatoms. The van der Waals surface area contributed by atoms with Crippen molar-refractivity contribution in [3.05, 3.63) is 41.6 Å². The maximum Gasteiger partial charge on any atom is 0.220 e. The molecule has 0 aliphatic carbocycles. The van der Waals surface area contributed by atoms with Gasteiger partial charge in [-0.3, -0.25) is 10.1 Å². The number of carbonyl (C=O) groups is 1. The summed E-state index contributed by atoms with van der Waals surface area (Å²) in [5.41, 5.74) is 7.62. The van der Waals surface area contributed by atoms with Crippen LogP contribution in [0.15, 0.2) is 41.0 Å². The van der Waals surface area contributed by atoms with Crippen LogP contribution in [0.1, 0.15) is 31.7 Å². The molecule has 2 rings (SSSR count). The highest BCUT2D eigenvalue weighted by Crippen LogP contribution is 2.12. The van der Waals surface area contributed by atoms with Crippen LogP contribution < -0.4 is 27.0 Å². The monoisotopic (exact) mass is 393 g/mol. The lowest BCUT2D eigenvalue weighted by molar-refractivity contribution is -0.120. The summed E-state index contributed by atoms with van der Waals surface area (Å²) in [6, 6.07) is 9.23. The van der Waals surface area contributed by atoms with Crippen molar-refractivity contribution in [1.82, 2.24) is 16.0 Å². The van der Waals surface area contributed by atoms with Crippen molar-refractivity contribution in [2.75, 3.05) is 25.0 Å². The number of anilines is 1. The van der Waals surface area contributed by atoms with Crippen LogP contribution in [0.5, 0.6) is 0 Å². The molecule has 0 fully saturated rings. The minimum atomic E-state index is -0.280. The summed E-state index contributed by atoms with van der Waals surface area (Å²) in [6.45, 7) is 3.66. The molecule has 1 aromatic rings. The number of nitrogens with zero attached hydrogens (tertiary/aromatic N) is 2. The number of nitriles is 1. The Bertz CT molecular complexity index is 841. The topological polar surface area (TPSA) is 127 Å². The predicted octanol–water partition coefficient (Wildman–Crippen LogP) is 0.997. The van der Waals surface area contributed by atoms with Crippen LogP contribution in [0.3, 0.4) is 0 Å². The van der Waals surface area contributed by atoms with Crippen LogP contribution in [0.2, 0.25) is 0 Å². The third kappa shape index (κ3) is 7.67. The number of guanidine groups is 1. The fourth-order valence-corrected chi connectivity index (χ4v) is 2.48. The van der Waals surface area contributed by atoms with Gasteiger partial charge in [0, 0.05) is 18.3 Å². The minimum Gasteiger partial charge on any atom is -0.345 e. The Balaban J connectivity index is 1.97. The summed E-state index contributed by atoms with van der Waals surface area (Å²) in [7, 11) is 0. The van der Waals surface area contributed by atoms with Gasteiger partial charge < -0.3 is 21.7 Å². The normalized spacial score (nSPS) is 15.0. The number of hydrogen-bond donors (Lipinski definition) is 5. The van der Waals surface area contributed by atoms with Gasteiger partial charge in [0.05, 0.1) is 23.8 Å². The second-order valence-electron chi connectivity index (χ2n) is 6.36. The number of nitrogens with two attached hydrogens (primary N) is 1. The molecule has 1 aromatic carbocycles. The molecule has 0 spiro atoms. The van der Waals surface area contributed by atoms with E-state index in [1.807, 2.05) is 12.1 Å². The number of aliphatic imine (C=N–C) groups is 1. The zero-order valence-corrected chi connectivity index (χ0v) is 16.6. The van der Waals surface area contributed by atoms with Crippen molar-refractivity contribution in [2.24, 2.45) is 10.7 Å². The van der Waals surface area contributed by atoms with E-state index in [9.17, 15) is 4.79 Å². The molecular weight excluding hydrogens is 366 g/mol. The Hall–Kier alpha value is -3.33. The van der Waals surface area contributed by atoms with Crippen LogP contribution in [0.25, 0.3) is 0 Å². The maximum absolute atomic E-state index is 11.6. The highest BCUT2D eigenvalue weighted by atomic mass is 16.1. The minimum absolute atomic E-state index is 0.0481. The fourth-order valence-electron chi connectivity index (χ4n) is 2.48. The average molecular weight is 393 g/mol. The first-order valence-corrected chi connectivity index (χ1v) is 9.67. The van der Waals surface area contributed by atoms with Crippen molar-refractivity contribution in [1.29, 1.82) is 5.26 Å². The zero-order valence-electron chi connectivity index (χ0n) is 16.6. The third-order valence-corrected chi connectivity index (χ3v) is 4.00. The number of amides is 1. The van der Waals surface area contributed by atoms with Crippen LogP contribution in [-0.2, 0) is 4.79 Å². The quantitative estimate of drug-likeness (QED) is 0.419. The lowest BCUT2D eigenvalue weighted by atomic mass is 10.2. The van der Waals surface area contributed by atoms with Crippen LogP contribution in [0, 0.1) is 23.2 Å². The van der Waals surface area contributed by atoms with Gasteiger partial charge in [-0.1, -0.05) is 18.8 Å². The van der Waals surface area contributed by atoms with Crippen LogP contribution in [-0.4, -0.2) is 37.7 Å². The summed E-state index contributed by atoms with van der Waals surface area (Å²) in [6.07, 6.45) is 3.57. The highest BCUT2D eigenvalue weighted by Gasteiger charge is 2.16. The first kappa shape index (κ1) is 22.0. The van der Waals surface area contributed by atoms with Gasteiger partial charge in [0.15, 0.2) is 0 Å². The SMILES string of the molecule is CCCNC1N=C(Nc2ccc(C#N)cc2)NC=C1C#CCNC(=O)CCCN. The van der Waals surface area contributed by atoms with Gasteiger partial charge in [-0.15, -0.1) is 0 Å². The molecule has 1 atom stereocenters. The summed E-state index contributed by atoms with van der Waals surface area (Å²) in [5, 5.41) is 21.3. The van der Waals surface area contributed by atoms with Gasteiger partial charge in [-0.2, -0.15) is 5.26 Å². The molecule has 8 nitrogen and oxygen atoms in total. The van der Waals surface area contributed by atoms with E-state index in [2.05, 4.69) is 51.1 Å². The van der Waals surface area contributed by atoms with E-state index in [4.69, 9.17) is 11.0 Å². The lowest BCUT2D eigenvalue weighted by Crippen LogP contribution is -2.39. The maximum atomic E-state index is 11.6. The van der Waals surface area contributed by atoms with E-state index in [1.165, 1.54) is 0 Å². The molecular formula is C21H27N7O. The Labute approximate surface area is 171 Å². The summed E-state index contributed by atoms with van der Waals surface area (Å²) in [5.74, 6) is 6.57. The summed E-state index contributed by atoms with van der Waals surface area (Å²) >= 11 is 0. The number of benzene rings is 1. The van der Waals surface area contributed by atoms with Crippen molar-refractivity contribution in [2.45, 2.75) is 32.4 Å². The van der Waals surface area contributed by atoms with E-state index >= 15 is 0 Å². The van der Waals surface area contributed by atoms with Crippen molar-refractivity contribution < 1.29 is 4.79 Å². The highest BCUT2D eigenvalue weighted by molar-refractivity contribution is 5.95. The smallest absolute Gasteiger partial charge is 0.220 e. The number of hydrogen-bond acceptors (Lipinski definition) is 7. The number of rotatable bonds is 8. The molecule has 1 amide bonds. The Kier molecular flexibility index (Phi) is 9.23. The molecule has 0 aromatic heterocycles. The lowest BCUT2D eigenvalue weighted by Gasteiger charge is -2.22. The first-order chi connectivity index (χ1) is 14.2. The average Bonchev–Trinajstić information content (AvgIpc) is 2.75. The molecule has 0 bridgehead atoms. The van der Waals surface area contributed by atoms with Gasteiger partial charge in [-0.05, 0) is 50.2 Å². The molecule has 1 unspecified atom stereocenters. The van der Waals surface area contributed by atoms with E-state index in [0.717, 1.165) is 24.2 Å². The van der Waals surface area contributed by atoms with Crippen molar-refractivity contribution >= 4 is 17.6 Å². The Morgan fingerprint density at radius 3 is 2.83 bits per heavy atom. The van der Waals surface area contributed by atoms with Gasteiger partial charge in [-0.25, -0.2) is 4.99 Å². The summed E-state index contributed by atoms with van der Waals surface area (Å²) in [4.78, 5) is 16.2. The van der Waals surface area contributed by atoms with Gasteiger partial charge in [0.1, 0.15) is 6.17 Å². The second kappa shape index (κ2) is 12.2. The van der Waals surface area contributed by atoms with Crippen LogP contribution in [0.4, 0.5) is 5.69 Å². The fraction of sp³-hybridized carbons (Fsp3) is 0.381. The standard InChI is InChI=1S/C21H27N7O/c1-2-12-25-20-17(5-4-13-24-19(29)6-3-11-22)15-26-21(28-20)27-18-9-7-16(14-23)8-10-18/h7-10,15,20,25H,2-3,6,11-13,22H2,1H3,(H,24,29)(H2,26,27,28). The molecule has 29 heavy (non-hydrogen) atoms. The molecule has 0 saturated carbocycles. The second-order valence-corrected chi connectivity index (χ2v) is 6.36. The van der Waals surface area contributed by atoms with Crippen molar-refractivity contribution in [3.8, 4) is 17.9 Å². The van der Waals surface area contributed by atoms with E-state index in [1.54, 1.807) is 18.3 Å². The van der Waals surface area contributed by atoms with Crippen LogP contribution >= 0.6 is 0 Å². The zero-order chi connectivity index (χ0) is 20.9. The molecule has 0 radical (unpaired) electrons. The van der Waals surface area contributed by atoms with Gasteiger partial charge >= 0.3 is 0 Å². The first-order valence-electron chi connectivity index (χ1n) is 9.67. The van der Waals surface area contributed by atoms with E-state index in [0.29, 0.717) is 30.9 Å².